The maximum Gasteiger partial charge on any atom is 0.267 e. The van der Waals surface area contributed by atoms with Gasteiger partial charge in [0.25, 0.3) is 11.8 Å². The number of likely N-dealkylation sites (N-methyl/N-ethyl adjacent to an activating group) is 1. The van der Waals surface area contributed by atoms with E-state index in [2.05, 4.69) is 0 Å². The number of piperazine rings is 1. The highest BCUT2D eigenvalue weighted by Gasteiger charge is 2.31. The standard InChI is InChI=1S/C16H21N3O5S/c1-11-15(20)17(2)13-10-12(4-5-14(13)24-11)16(21)18-6-8-19(9-7-18)25(3,22)23/h4-5,10-11H,6-9H2,1-3H3. The second kappa shape index (κ2) is 6.30. The average Bonchev–Trinajstić information content (AvgIpc) is 2.58. The van der Waals surface area contributed by atoms with E-state index in [1.54, 1.807) is 37.1 Å². The van der Waals surface area contributed by atoms with Gasteiger partial charge in [-0.25, -0.2) is 8.42 Å². The first-order valence-electron chi connectivity index (χ1n) is 8.01. The Morgan fingerprint density at radius 3 is 2.44 bits per heavy atom. The normalized spacial score (nSPS) is 21.7. The number of rotatable bonds is 2. The average molecular weight is 367 g/mol. The Labute approximate surface area is 147 Å². The molecule has 0 N–H and O–H groups in total. The van der Waals surface area contributed by atoms with Crippen molar-refractivity contribution in [2.45, 2.75) is 13.0 Å². The van der Waals surface area contributed by atoms with Crippen LogP contribution in [0, 0.1) is 0 Å². The van der Waals surface area contributed by atoms with Gasteiger partial charge in [-0.15, -0.1) is 0 Å². The minimum atomic E-state index is -3.24. The topological polar surface area (TPSA) is 87.2 Å². The summed E-state index contributed by atoms with van der Waals surface area (Å²) >= 11 is 0. The monoisotopic (exact) mass is 367 g/mol. The van der Waals surface area contributed by atoms with Gasteiger partial charge in [-0.1, -0.05) is 0 Å². The van der Waals surface area contributed by atoms with Crippen molar-refractivity contribution in [2.75, 3.05) is 44.4 Å². The van der Waals surface area contributed by atoms with Gasteiger partial charge in [-0.05, 0) is 25.1 Å². The summed E-state index contributed by atoms with van der Waals surface area (Å²) in [4.78, 5) is 27.9. The van der Waals surface area contributed by atoms with Gasteiger partial charge in [0.1, 0.15) is 5.75 Å². The van der Waals surface area contributed by atoms with Gasteiger partial charge < -0.3 is 14.5 Å². The lowest BCUT2D eigenvalue weighted by molar-refractivity contribution is -0.125. The van der Waals surface area contributed by atoms with Gasteiger partial charge >= 0.3 is 0 Å². The van der Waals surface area contributed by atoms with Crippen molar-refractivity contribution < 1.29 is 22.7 Å². The molecule has 9 heteroatoms. The Bertz CT molecular complexity index is 815. The third kappa shape index (κ3) is 3.34. The molecule has 2 amide bonds. The first kappa shape index (κ1) is 17.7. The lowest BCUT2D eigenvalue weighted by Crippen LogP contribution is -2.50. The molecule has 0 radical (unpaired) electrons. The summed E-state index contributed by atoms with van der Waals surface area (Å²) in [6.07, 6.45) is 0.616. The van der Waals surface area contributed by atoms with Crippen LogP contribution in [0.5, 0.6) is 5.75 Å². The highest BCUT2D eigenvalue weighted by molar-refractivity contribution is 7.88. The van der Waals surface area contributed by atoms with Crippen LogP contribution in [0.3, 0.4) is 0 Å². The number of carbonyl (C=O) groups excluding carboxylic acids is 2. The van der Waals surface area contributed by atoms with Crippen LogP contribution in [0.25, 0.3) is 0 Å². The maximum absolute atomic E-state index is 12.7. The summed E-state index contributed by atoms with van der Waals surface area (Å²) in [6.45, 7) is 2.93. The summed E-state index contributed by atoms with van der Waals surface area (Å²) in [7, 11) is -1.58. The SMILES string of the molecule is CC1Oc2ccc(C(=O)N3CCN(S(C)(=O)=O)CC3)cc2N(C)C1=O. The van der Waals surface area contributed by atoms with Crippen molar-refractivity contribution in [3.8, 4) is 5.75 Å². The number of nitrogens with zero attached hydrogens (tertiary/aromatic N) is 3. The summed E-state index contributed by atoms with van der Waals surface area (Å²) in [5.41, 5.74) is 1.01. The van der Waals surface area contributed by atoms with Crippen LogP contribution in [0.15, 0.2) is 18.2 Å². The number of amides is 2. The molecule has 1 unspecified atom stereocenters. The Morgan fingerprint density at radius 1 is 1.20 bits per heavy atom. The van der Waals surface area contributed by atoms with Crippen LogP contribution in [0.2, 0.25) is 0 Å². The van der Waals surface area contributed by atoms with Gasteiger partial charge in [0.15, 0.2) is 6.10 Å². The largest absolute Gasteiger partial charge is 0.479 e. The van der Waals surface area contributed by atoms with Crippen molar-refractivity contribution >= 4 is 27.5 Å². The van der Waals surface area contributed by atoms with Crippen molar-refractivity contribution in [2.24, 2.45) is 0 Å². The van der Waals surface area contributed by atoms with Crippen LogP contribution < -0.4 is 9.64 Å². The Hall–Kier alpha value is -2.13. The first-order valence-corrected chi connectivity index (χ1v) is 9.86. The van der Waals surface area contributed by atoms with Crippen LogP contribution in [-0.2, 0) is 14.8 Å². The summed E-state index contributed by atoms with van der Waals surface area (Å²) in [5, 5.41) is 0. The van der Waals surface area contributed by atoms with E-state index in [0.29, 0.717) is 30.1 Å². The van der Waals surface area contributed by atoms with E-state index >= 15 is 0 Å². The lowest BCUT2D eigenvalue weighted by atomic mass is 10.1. The molecule has 136 valence electrons. The maximum atomic E-state index is 12.7. The molecular weight excluding hydrogens is 346 g/mol. The molecule has 0 saturated carbocycles. The van der Waals surface area contributed by atoms with Crippen LogP contribution in [-0.4, -0.2) is 75.0 Å². The molecule has 8 nitrogen and oxygen atoms in total. The van der Waals surface area contributed by atoms with Gasteiger partial charge in [-0.2, -0.15) is 4.31 Å². The minimum absolute atomic E-state index is 0.168. The van der Waals surface area contributed by atoms with Crippen LogP contribution in [0.4, 0.5) is 5.69 Å². The molecule has 0 bridgehead atoms. The number of hydrogen-bond acceptors (Lipinski definition) is 5. The summed E-state index contributed by atoms with van der Waals surface area (Å²) in [5.74, 6) is 0.210. The van der Waals surface area contributed by atoms with Crippen LogP contribution in [0.1, 0.15) is 17.3 Å². The minimum Gasteiger partial charge on any atom is -0.479 e. The van der Waals surface area contributed by atoms with Crippen molar-refractivity contribution in [3.63, 3.8) is 0 Å². The fourth-order valence-corrected chi connectivity index (χ4v) is 3.88. The number of fused-ring (bicyclic) bond motifs is 1. The van der Waals surface area contributed by atoms with Gasteiger partial charge in [0.2, 0.25) is 10.0 Å². The molecule has 1 aromatic rings. The van der Waals surface area contributed by atoms with E-state index in [-0.39, 0.29) is 24.9 Å². The molecule has 25 heavy (non-hydrogen) atoms. The number of ether oxygens (including phenoxy) is 1. The van der Waals surface area contributed by atoms with Crippen LogP contribution >= 0.6 is 0 Å². The summed E-state index contributed by atoms with van der Waals surface area (Å²) < 4.78 is 30.0. The zero-order valence-corrected chi connectivity index (χ0v) is 15.2. The molecule has 0 spiro atoms. The molecule has 1 saturated heterocycles. The van der Waals surface area contributed by atoms with E-state index in [9.17, 15) is 18.0 Å². The molecule has 2 aliphatic heterocycles. The molecule has 2 aliphatic rings. The first-order chi connectivity index (χ1) is 11.7. The predicted octanol–water partition coefficient (Wildman–Crippen LogP) is 0.148. The zero-order chi connectivity index (χ0) is 18.4. The smallest absolute Gasteiger partial charge is 0.267 e. The molecule has 3 rings (SSSR count). The fourth-order valence-electron chi connectivity index (χ4n) is 3.05. The number of anilines is 1. The van der Waals surface area contributed by atoms with Gasteiger partial charge in [0.05, 0.1) is 11.9 Å². The number of sulfonamides is 1. The molecular formula is C16H21N3O5S. The molecule has 0 aromatic heterocycles. The third-order valence-corrected chi connectivity index (χ3v) is 5.85. The second-order valence-electron chi connectivity index (χ2n) is 6.29. The third-order valence-electron chi connectivity index (χ3n) is 4.54. The Balaban J connectivity index is 1.77. The number of hydrogen-bond donors (Lipinski definition) is 0. The molecule has 0 aliphatic carbocycles. The van der Waals surface area contributed by atoms with E-state index in [0.717, 1.165) is 0 Å². The summed E-state index contributed by atoms with van der Waals surface area (Å²) in [6, 6.07) is 5.00. The second-order valence-corrected chi connectivity index (χ2v) is 8.28. The highest BCUT2D eigenvalue weighted by Crippen LogP contribution is 2.34. The highest BCUT2D eigenvalue weighted by atomic mass is 32.2. The Morgan fingerprint density at radius 2 is 1.84 bits per heavy atom. The zero-order valence-electron chi connectivity index (χ0n) is 14.4. The number of carbonyl (C=O) groups is 2. The fraction of sp³-hybridized carbons (Fsp3) is 0.500. The van der Waals surface area contributed by atoms with Gasteiger partial charge in [0, 0.05) is 38.8 Å². The van der Waals surface area contributed by atoms with E-state index in [1.807, 2.05) is 0 Å². The molecule has 1 fully saturated rings. The quantitative estimate of drug-likeness (QED) is 0.742. The lowest BCUT2D eigenvalue weighted by Gasteiger charge is -2.34. The number of benzene rings is 1. The van der Waals surface area contributed by atoms with E-state index in [1.165, 1.54) is 15.5 Å². The Kier molecular flexibility index (Phi) is 4.46. The van der Waals surface area contributed by atoms with Crippen molar-refractivity contribution in [3.05, 3.63) is 23.8 Å². The van der Waals surface area contributed by atoms with E-state index < -0.39 is 16.1 Å². The molecule has 2 heterocycles. The van der Waals surface area contributed by atoms with Gasteiger partial charge in [-0.3, -0.25) is 9.59 Å². The molecule has 1 aromatic carbocycles. The van der Waals surface area contributed by atoms with Crippen molar-refractivity contribution in [1.82, 2.24) is 9.21 Å². The predicted molar refractivity (Wildman–Crippen MR) is 92.3 cm³/mol. The van der Waals surface area contributed by atoms with Crippen molar-refractivity contribution in [1.29, 1.82) is 0 Å². The van der Waals surface area contributed by atoms with E-state index in [4.69, 9.17) is 4.74 Å². The molecule has 1 atom stereocenters.